The first-order chi connectivity index (χ1) is 15.7. The van der Waals surface area contributed by atoms with Gasteiger partial charge in [-0.3, -0.25) is 14.4 Å². The molecule has 0 fully saturated rings. The van der Waals surface area contributed by atoms with Crippen molar-refractivity contribution in [3.63, 3.8) is 0 Å². The SMILES string of the molecule is CN(CC(=O)NCCCn1cccn1)Cc1cn(-c2ccccc2)nc1-c1ccccc1. The van der Waals surface area contributed by atoms with Gasteiger partial charge in [-0.05, 0) is 31.7 Å². The number of carbonyl (C=O) groups is 1. The zero-order valence-corrected chi connectivity index (χ0v) is 18.3. The van der Waals surface area contributed by atoms with Gasteiger partial charge in [0.2, 0.25) is 5.91 Å². The van der Waals surface area contributed by atoms with Gasteiger partial charge in [0.05, 0.1) is 17.9 Å². The zero-order valence-electron chi connectivity index (χ0n) is 18.3. The predicted octanol–water partition coefficient (Wildman–Crippen LogP) is 3.37. The lowest BCUT2D eigenvalue weighted by molar-refractivity contribution is -0.122. The van der Waals surface area contributed by atoms with Crippen molar-refractivity contribution >= 4 is 5.91 Å². The summed E-state index contributed by atoms with van der Waals surface area (Å²) in [5, 5.41) is 12.0. The average Bonchev–Trinajstić information content (AvgIpc) is 3.48. The molecule has 32 heavy (non-hydrogen) atoms. The molecule has 2 heterocycles. The number of hydrogen-bond acceptors (Lipinski definition) is 4. The highest BCUT2D eigenvalue weighted by Crippen LogP contribution is 2.24. The van der Waals surface area contributed by atoms with Gasteiger partial charge in [0, 0.05) is 49.4 Å². The van der Waals surface area contributed by atoms with Crippen LogP contribution in [0, 0.1) is 0 Å². The summed E-state index contributed by atoms with van der Waals surface area (Å²) in [5.74, 6) is 0.0182. The van der Waals surface area contributed by atoms with E-state index in [9.17, 15) is 4.79 Å². The highest BCUT2D eigenvalue weighted by molar-refractivity contribution is 5.78. The number of carbonyl (C=O) groups excluding carboxylic acids is 1. The van der Waals surface area contributed by atoms with Gasteiger partial charge in [0.1, 0.15) is 0 Å². The van der Waals surface area contributed by atoms with Crippen LogP contribution in [0.15, 0.2) is 85.3 Å². The van der Waals surface area contributed by atoms with Crippen LogP contribution in [0.2, 0.25) is 0 Å². The van der Waals surface area contributed by atoms with Gasteiger partial charge in [0.25, 0.3) is 0 Å². The number of benzene rings is 2. The Labute approximate surface area is 188 Å². The molecular formula is C25H28N6O. The Kier molecular flexibility index (Phi) is 7.09. The maximum Gasteiger partial charge on any atom is 0.234 e. The fraction of sp³-hybridized carbons (Fsp3) is 0.240. The minimum absolute atomic E-state index is 0.0182. The lowest BCUT2D eigenvalue weighted by Gasteiger charge is -2.16. The van der Waals surface area contributed by atoms with E-state index in [1.807, 2.05) is 82.1 Å². The molecule has 4 rings (SSSR count). The minimum atomic E-state index is 0.0182. The standard InChI is InChI=1S/C25H28N6O/c1-29(20-24(32)26-14-8-16-30-17-9-15-27-30)18-22-19-31(23-12-6-3-7-13-23)28-25(22)21-10-4-2-5-11-21/h2-7,9-13,15,17,19H,8,14,16,18,20H2,1H3,(H,26,32). The largest absolute Gasteiger partial charge is 0.355 e. The Balaban J connectivity index is 1.38. The average molecular weight is 429 g/mol. The zero-order chi connectivity index (χ0) is 22.2. The summed E-state index contributed by atoms with van der Waals surface area (Å²) in [6.07, 6.45) is 6.59. The van der Waals surface area contributed by atoms with Crippen LogP contribution in [-0.4, -0.2) is 50.5 Å². The van der Waals surface area contributed by atoms with Crippen LogP contribution in [-0.2, 0) is 17.9 Å². The van der Waals surface area contributed by atoms with E-state index in [2.05, 4.69) is 28.7 Å². The van der Waals surface area contributed by atoms with E-state index in [1.165, 1.54) is 0 Å². The summed E-state index contributed by atoms with van der Waals surface area (Å²) >= 11 is 0. The third-order valence-electron chi connectivity index (χ3n) is 5.16. The fourth-order valence-corrected chi connectivity index (χ4v) is 3.63. The van der Waals surface area contributed by atoms with Crippen molar-refractivity contribution in [1.82, 2.24) is 29.8 Å². The monoisotopic (exact) mass is 428 g/mol. The number of amides is 1. The second kappa shape index (κ2) is 10.5. The molecular weight excluding hydrogens is 400 g/mol. The molecule has 0 unspecified atom stereocenters. The highest BCUT2D eigenvalue weighted by atomic mass is 16.2. The topological polar surface area (TPSA) is 68.0 Å². The number of rotatable bonds is 10. The minimum Gasteiger partial charge on any atom is -0.355 e. The summed E-state index contributed by atoms with van der Waals surface area (Å²) in [6, 6.07) is 22.1. The Bertz CT molecular complexity index is 1110. The van der Waals surface area contributed by atoms with Gasteiger partial charge < -0.3 is 5.32 Å². The van der Waals surface area contributed by atoms with Crippen LogP contribution in [0.5, 0.6) is 0 Å². The first-order valence-corrected chi connectivity index (χ1v) is 10.8. The Morgan fingerprint density at radius 2 is 1.78 bits per heavy atom. The summed E-state index contributed by atoms with van der Waals surface area (Å²) in [4.78, 5) is 14.4. The number of hydrogen-bond donors (Lipinski definition) is 1. The highest BCUT2D eigenvalue weighted by Gasteiger charge is 2.15. The molecule has 0 saturated carbocycles. The van der Waals surface area contributed by atoms with E-state index in [4.69, 9.17) is 5.10 Å². The molecule has 1 N–H and O–H groups in total. The molecule has 0 aliphatic carbocycles. The Morgan fingerprint density at radius 1 is 1.03 bits per heavy atom. The van der Waals surface area contributed by atoms with Crippen LogP contribution in [0.4, 0.5) is 0 Å². The third kappa shape index (κ3) is 5.70. The van der Waals surface area contributed by atoms with E-state index in [-0.39, 0.29) is 5.91 Å². The second-order valence-electron chi connectivity index (χ2n) is 7.79. The molecule has 0 aliphatic heterocycles. The number of para-hydroxylation sites is 1. The third-order valence-corrected chi connectivity index (χ3v) is 5.16. The molecule has 0 radical (unpaired) electrons. The molecule has 0 bridgehead atoms. The lowest BCUT2D eigenvalue weighted by atomic mass is 10.1. The van der Waals surface area contributed by atoms with Crippen molar-refractivity contribution in [2.45, 2.75) is 19.5 Å². The first-order valence-electron chi connectivity index (χ1n) is 10.8. The van der Waals surface area contributed by atoms with Gasteiger partial charge in [-0.1, -0.05) is 48.5 Å². The molecule has 0 saturated heterocycles. The van der Waals surface area contributed by atoms with E-state index < -0.39 is 0 Å². The van der Waals surface area contributed by atoms with Crippen molar-refractivity contribution in [3.8, 4) is 16.9 Å². The van der Waals surface area contributed by atoms with Gasteiger partial charge in [-0.15, -0.1) is 0 Å². The molecule has 0 atom stereocenters. The smallest absolute Gasteiger partial charge is 0.234 e. The number of nitrogens with one attached hydrogen (secondary N) is 1. The quantitative estimate of drug-likeness (QED) is 0.393. The number of likely N-dealkylation sites (N-methyl/N-ethyl adjacent to an activating group) is 1. The molecule has 1 amide bonds. The van der Waals surface area contributed by atoms with Gasteiger partial charge in [-0.25, -0.2) is 4.68 Å². The van der Waals surface area contributed by atoms with E-state index in [0.29, 0.717) is 19.6 Å². The Morgan fingerprint density at radius 3 is 2.50 bits per heavy atom. The fourth-order valence-electron chi connectivity index (χ4n) is 3.63. The van der Waals surface area contributed by atoms with E-state index in [0.717, 1.165) is 35.5 Å². The van der Waals surface area contributed by atoms with Crippen LogP contribution < -0.4 is 5.32 Å². The molecule has 7 heteroatoms. The number of aryl methyl sites for hydroxylation is 1. The lowest BCUT2D eigenvalue weighted by Crippen LogP contribution is -2.35. The van der Waals surface area contributed by atoms with Crippen molar-refractivity contribution < 1.29 is 4.79 Å². The number of aromatic nitrogens is 4. The molecule has 7 nitrogen and oxygen atoms in total. The van der Waals surface area contributed by atoms with E-state index in [1.54, 1.807) is 6.20 Å². The van der Waals surface area contributed by atoms with Crippen LogP contribution in [0.25, 0.3) is 16.9 Å². The molecule has 4 aromatic rings. The van der Waals surface area contributed by atoms with Crippen molar-refractivity contribution in [2.75, 3.05) is 20.1 Å². The molecule has 0 spiro atoms. The van der Waals surface area contributed by atoms with Crippen LogP contribution in [0.1, 0.15) is 12.0 Å². The van der Waals surface area contributed by atoms with Crippen molar-refractivity contribution in [1.29, 1.82) is 0 Å². The van der Waals surface area contributed by atoms with Crippen LogP contribution in [0.3, 0.4) is 0 Å². The normalized spacial score (nSPS) is 11.1. The predicted molar refractivity (Wildman–Crippen MR) is 125 cm³/mol. The maximum absolute atomic E-state index is 12.4. The molecule has 164 valence electrons. The van der Waals surface area contributed by atoms with Gasteiger partial charge >= 0.3 is 0 Å². The van der Waals surface area contributed by atoms with Gasteiger partial charge in [0.15, 0.2) is 0 Å². The molecule has 2 aromatic carbocycles. The number of nitrogens with zero attached hydrogens (tertiary/aromatic N) is 5. The molecule has 2 aromatic heterocycles. The maximum atomic E-state index is 12.4. The summed E-state index contributed by atoms with van der Waals surface area (Å²) in [7, 11) is 1.96. The van der Waals surface area contributed by atoms with Crippen molar-refractivity contribution in [3.05, 3.63) is 90.9 Å². The summed E-state index contributed by atoms with van der Waals surface area (Å²) < 4.78 is 3.77. The van der Waals surface area contributed by atoms with Crippen molar-refractivity contribution in [2.24, 2.45) is 0 Å². The second-order valence-corrected chi connectivity index (χ2v) is 7.79. The van der Waals surface area contributed by atoms with Gasteiger partial charge in [-0.2, -0.15) is 10.2 Å². The van der Waals surface area contributed by atoms with E-state index >= 15 is 0 Å². The summed E-state index contributed by atoms with van der Waals surface area (Å²) in [5.41, 5.74) is 4.08. The Hall–Kier alpha value is -3.71. The molecule has 0 aliphatic rings. The summed E-state index contributed by atoms with van der Waals surface area (Å²) in [6.45, 7) is 2.38. The van der Waals surface area contributed by atoms with Crippen LogP contribution >= 0.6 is 0 Å². The first kappa shape index (κ1) is 21.5.